The van der Waals surface area contributed by atoms with Crippen molar-refractivity contribution in [3.8, 4) is 0 Å². The molecular formula is C7H9NO2S. The van der Waals surface area contributed by atoms with Gasteiger partial charge >= 0.3 is 0 Å². The second-order valence-corrected chi connectivity index (χ2v) is 3.22. The van der Waals surface area contributed by atoms with Gasteiger partial charge in [-0.05, 0) is 18.6 Å². The van der Waals surface area contributed by atoms with E-state index in [1.807, 2.05) is 13.0 Å². The largest absolute Gasteiger partial charge is 0.306 e. The Balaban J connectivity index is 2.74. The Labute approximate surface area is 67.8 Å². The lowest BCUT2D eigenvalue weighted by atomic mass is 10.3. The standard InChI is InChI=1S/C7H9NO2S/c1-6-2-3-7(8-4-6)5-11(9)10/h2-4H,5H2,1H3,(H,9,10). The summed E-state index contributed by atoms with van der Waals surface area (Å²) in [5.74, 6) is 0.111. The number of hydrogen-bond acceptors (Lipinski definition) is 2. The fraction of sp³-hybridized carbons (Fsp3) is 0.286. The van der Waals surface area contributed by atoms with Gasteiger partial charge in [-0.2, -0.15) is 0 Å². The molecule has 0 aliphatic heterocycles. The molecular weight excluding hydrogens is 162 g/mol. The van der Waals surface area contributed by atoms with Gasteiger partial charge in [-0.3, -0.25) is 4.98 Å². The molecule has 0 amide bonds. The van der Waals surface area contributed by atoms with Gasteiger partial charge in [0.1, 0.15) is 0 Å². The average molecular weight is 171 g/mol. The molecule has 0 aromatic carbocycles. The van der Waals surface area contributed by atoms with E-state index in [-0.39, 0.29) is 5.75 Å². The number of hydrogen-bond donors (Lipinski definition) is 1. The molecule has 4 heteroatoms. The first-order valence-electron chi connectivity index (χ1n) is 3.17. The van der Waals surface area contributed by atoms with Crippen molar-refractivity contribution in [3.05, 3.63) is 29.6 Å². The quantitative estimate of drug-likeness (QED) is 0.678. The van der Waals surface area contributed by atoms with Gasteiger partial charge in [0, 0.05) is 6.20 Å². The van der Waals surface area contributed by atoms with Gasteiger partial charge in [-0.15, -0.1) is 0 Å². The SMILES string of the molecule is Cc1ccc(CS(=O)O)nc1. The van der Waals surface area contributed by atoms with E-state index in [0.29, 0.717) is 5.69 Å². The first-order chi connectivity index (χ1) is 5.18. The highest BCUT2D eigenvalue weighted by Crippen LogP contribution is 2.00. The van der Waals surface area contributed by atoms with E-state index in [9.17, 15) is 4.21 Å². The molecule has 0 aliphatic rings. The highest BCUT2D eigenvalue weighted by atomic mass is 32.2. The summed E-state index contributed by atoms with van der Waals surface area (Å²) >= 11 is -1.79. The predicted molar refractivity (Wildman–Crippen MR) is 43.4 cm³/mol. The van der Waals surface area contributed by atoms with E-state index in [1.54, 1.807) is 12.3 Å². The number of aryl methyl sites for hydroxylation is 1. The molecule has 0 spiro atoms. The predicted octanol–water partition coefficient (Wildman–Crippen LogP) is 1.11. The third-order valence-electron chi connectivity index (χ3n) is 1.24. The summed E-state index contributed by atoms with van der Waals surface area (Å²) < 4.78 is 18.8. The zero-order valence-corrected chi connectivity index (χ0v) is 6.97. The summed E-state index contributed by atoms with van der Waals surface area (Å²) in [4.78, 5) is 3.97. The summed E-state index contributed by atoms with van der Waals surface area (Å²) in [5, 5.41) is 0. The van der Waals surface area contributed by atoms with Crippen LogP contribution in [0.25, 0.3) is 0 Å². The Morgan fingerprint density at radius 2 is 2.36 bits per heavy atom. The molecule has 1 atom stereocenters. The molecule has 1 aromatic rings. The molecule has 1 heterocycles. The van der Waals surface area contributed by atoms with Crippen molar-refractivity contribution in [2.24, 2.45) is 0 Å². The maximum Gasteiger partial charge on any atom is 0.158 e. The van der Waals surface area contributed by atoms with Crippen LogP contribution in [-0.4, -0.2) is 13.7 Å². The summed E-state index contributed by atoms with van der Waals surface area (Å²) in [5.41, 5.74) is 1.70. The van der Waals surface area contributed by atoms with Crippen LogP contribution in [0.15, 0.2) is 18.3 Å². The minimum absolute atomic E-state index is 0.111. The van der Waals surface area contributed by atoms with Crippen molar-refractivity contribution in [1.82, 2.24) is 4.98 Å². The minimum atomic E-state index is -1.79. The van der Waals surface area contributed by atoms with Crippen LogP contribution in [-0.2, 0) is 16.8 Å². The second kappa shape index (κ2) is 3.59. The highest BCUT2D eigenvalue weighted by molar-refractivity contribution is 7.78. The summed E-state index contributed by atoms with van der Waals surface area (Å²) in [7, 11) is 0. The van der Waals surface area contributed by atoms with E-state index < -0.39 is 11.1 Å². The van der Waals surface area contributed by atoms with E-state index >= 15 is 0 Å². The Morgan fingerprint density at radius 1 is 1.64 bits per heavy atom. The van der Waals surface area contributed by atoms with Crippen molar-refractivity contribution in [2.75, 3.05) is 0 Å². The molecule has 1 rings (SSSR count). The molecule has 60 valence electrons. The molecule has 0 saturated heterocycles. The van der Waals surface area contributed by atoms with E-state index in [1.165, 1.54) is 0 Å². The summed E-state index contributed by atoms with van der Waals surface area (Å²) in [6.07, 6.45) is 1.68. The molecule has 1 N–H and O–H groups in total. The minimum Gasteiger partial charge on any atom is -0.306 e. The molecule has 0 saturated carbocycles. The molecule has 11 heavy (non-hydrogen) atoms. The van der Waals surface area contributed by atoms with Crippen molar-refractivity contribution in [1.29, 1.82) is 0 Å². The van der Waals surface area contributed by atoms with Gasteiger partial charge in [0.05, 0.1) is 11.4 Å². The van der Waals surface area contributed by atoms with E-state index in [2.05, 4.69) is 4.98 Å². The molecule has 1 aromatic heterocycles. The first-order valence-corrected chi connectivity index (χ1v) is 4.45. The third kappa shape index (κ3) is 2.78. The number of pyridine rings is 1. The fourth-order valence-electron chi connectivity index (χ4n) is 0.710. The normalized spacial score (nSPS) is 12.9. The van der Waals surface area contributed by atoms with Crippen LogP contribution in [0.4, 0.5) is 0 Å². The highest BCUT2D eigenvalue weighted by Gasteiger charge is 1.97. The van der Waals surface area contributed by atoms with Crippen molar-refractivity contribution >= 4 is 11.1 Å². The summed E-state index contributed by atoms with van der Waals surface area (Å²) in [6, 6.07) is 3.62. The average Bonchev–Trinajstić information content (AvgIpc) is 1.93. The lowest BCUT2D eigenvalue weighted by Crippen LogP contribution is -1.95. The molecule has 0 fully saturated rings. The molecule has 0 aliphatic carbocycles. The van der Waals surface area contributed by atoms with Crippen LogP contribution in [0.1, 0.15) is 11.3 Å². The van der Waals surface area contributed by atoms with Crippen molar-refractivity contribution < 1.29 is 8.76 Å². The lowest BCUT2D eigenvalue weighted by Gasteiger charge is -1.95. The Hall–Kier alpha value is -0.740. The van der Waals surface area contributed by atoms with Crippen LogP contribution < -0.4 is 0 Å². The topological polar surface area (TPSA) is 50.2 Å². The Kier molecular flexibility index (Phi) is 2.73. The van der Waals surface area contributed by atoms with Gasteiger partial charge < -0.3 is 4.55 Å². The van der Waals surface area contributed by atoms with Gasteiger partial charge in [0.2, 0.25) is 0 Å². The van der Waals surface area contributed by atoms with Gasteiger partial charge in [0.25, 0.3) is 0 Å². The first kappa shape index (κ1) is 8.36. The lowest BCUT2D eigenvalue weighted by molar-refractivity contribution is 0.563. The zero-order valence-electron chi connectivity index (χ0n) is 6.15. The molecule has 0 radical (unpaired) electrons. The maximum atomic E-state index is 10.3. The maximum absolute atomic E-state index is 10.3. The summed E-state index contributed by atoms with van der Waals surface area (Å²) in [6.45, 7) is 1.92. The second-order valence-electron chi connectivity index (χ2n) is 2.29. The third-order valence-corrected chi connectivity index (χ3v) is 1.79. The zero-order chi connectivity index (χ0) is 8.27. The van der Waals surface area contributed by atoms with Crippen LogP contribution in [0.2, 0.25) is 0 Å². The van der Waals surface area contributed by atoms with Crippen molar-refractivity contribution in [2.45, 2.75) is 12.7 Å². The van der Waals surface area contributed by atoms with Gasteiger partial charge in [-0.25, -0.2) is 4.21 Å². The van der Waals surface area contributed by atoms with E-state index in [4.69, 9.17) is 4.55 Å². The van der Waals surface area contributed by atoms with Crippen LogP contribution in [0.3, 0.4) is 0 Å². The van der Waals surface area contributed by atoms with Crippen LogP contribution in [0.5, 0.6) is 0 Å². The number of rotatable bonds is 2. The van der Waals surface area contributed by atoms with Gasteiger partial charge in [-0.1, -0.05) is 6.07 Å². The molecule has 0 bridgehead atoms. The Bertz CT molecular complexity index is 258. The Morgan fingerprint density at radius 3 is 2.82 bits per heavy atom. The number of aromatic nitrogens is 1. The van der Waals surface area contributed by atoms with Crippen molar-refractivity contribution in [3.63, 3.8) is 0 Å². The monoisotopic (exact) mass is 171 g/mol. The fourth-order valence-corrected chi connectivity index (χ4v) is 1.13. The van der Waals surface area contributed by atoms with E-state index in [0.717, 1.165) is 5.56 Å². The number of nitrogens with zero attached hydrogens (tertiary/aromatic N) is 1. The molecule has 3 nitrogen and oxygen atoms in total. The van der Waals surface area contributed by atoms with Gasteiger partial charge in [0.15, 0.2) is 11.1 Å². The smallest absolute Gasteiger partial charge is 0.158 e. The molecule has 1 unspecified atom stereocenters. The van der Waals surface area contributed by atoms with Crippen LogP contribution >= 0.6 is 0 Å². The van der Waals surface area contributed by atoms with Crippen LogP contribution in [0, 0.1) is 6.92 Å².